The topological polar surface area (TPSA) is 82.6 Å². The van der Waals surface area contributed by atoms with Crippen molar-refractivity contribution < 1.29 is 13.2 Å². The van der Waals surface area contributed by atoms with Crippen LogP contribution in [0.4, 0.5) is 5.69 Å². The second-order valence-electron chi connectivity index (χ2n) is 6.13. The highest BCUT2D eigenvalue weighted by molar-refractivity contribution is 7.91. The molecule has 2 rings (SSSR count). The van der Waals surface area contributed by atoms with Gasteiger partial charge in [-0.1, -0.05) is 0 Å². The van der Waals surface area contributed by atoms with Crippen molar-refractivity contribution in [2.45, 2.75) is 12.5 Å². The molecule has 1 saturated heterocycles. The second kappa shape index (κ2) is 7.27. The third-order valence-corrected chi connectivity index (χ3v) is 5.69. The van der Waals surface area contributed by atoms with E-state index in [1.165, 1.54) is 4.90 Å². The lowest BCUT2D eigenvalue weighted by atomic mass is 10.2. The van der Waals surface area contributed by atoms with Crippen LogP contribution in [0.25, 0.3) is 0 Å². The molecule has 1 amide bonds. The van der Waals surface area contributed by atoms with Crippen molar-refractivity contribution in [2.24, 2.45) is 0 Å². The van der Waals surface area contributed by atoms with Gasteiger partial charge < -0.3 is 15.1 Å². The summed E-state index contributed by atoms with van der Waals surface area (Å²) < 4.78 is 23.1. The molecule has 0 spiro atoms. The van der Waals surface area contributed by atoms with Gasteiger partial charge in [0.05, 0.1) is 11.5 Å². The fourth-order valence-corrected chi connectivity index (χ4v) is 4.28. The first kappa shape index (κ1) is 17.7. The zero-order valence-corrected chi connectivity index (χ0v) is 14.6. The van der Waals surface area contributed by atoms with Crippen molar-refractivity contribution in [3.63, 3.8) is 0 Å². The molecule has 0 bridgehead atoms. The molecule has 1 atom stereocenters. The fourth-order valence-electron chi connectivity index (χ4n) is 2.51. The van der Waals surface area contributed by atoms with Gasteiger partial charge in [-0.05, 0) is 32.6 Å². The Morgan fingerprint density at radius 1 is 1.39 bits per heavy atom. The Kier molecular flexibility index (Phi) is 5.59. The summed E-state index contributed by atoms with van der Waals surface area (Å²) in [6.45, 7) is 1.65. The summed E-state index contributed by atoms with van der Waals surface area (Å²) in [5.74, 6) is -0.0615. The van der Waals surface area contributed by atoms with E-state index in [1.807, 2.05) is 20.2 Å². The predicted octanol–water partition coefficient (Wildman–Crippen LogP) is 0.314. The van der Waals surface area contributed by atoms with Crippen molar-refractivity contribution in [2.75, 3.05) is 51.1 Å². The molecule has 1 unspecified atom stereocenters. The van der Waals surface area contributed by atoms with Crippen molar-refractivity contribution in [3.8, 4) is 0 Å². The van der Waals surface area contributed by atoms with Gasteiger partial charge in [0.1, 0.15) is 5.69 Å². The molecule has 1 aromatic rings. The van der Waals surface area contributed by atoms with Gasteiger partial charge in [0.25, 0.3) is 5.91 Å². The number of nitrogens with one attached hydrogen (secondary N) is 1. The van der Waals surface area contributed by atoms with Crippen LogP contribution >= 0.6 is 0 Å². The van der Waals surface area contributed by atoms with Gasteiger partial charge in [0, 0.05) is 38.1 Å². The number of pyridine rings is 1. The van der Waals surface area contributed by atoms with E-state index >= 15 is 0 Å². The van der Waals surface area contributed by atoms with Crippen LogP contribution in [0.1, 0.15) is 16.9 Å². The molecule has 0 aromatic carbocycles. The van der Waals surface area contributed by atoms with E-state index in [0.717, 1.165) is 18.8 Å². The Labute approximate surface area is 137 Å². The number of amides is 1. The number of carbonyl (C=O) groups excluding carboxylic acids is 1. The molecule has 0 saturated carbocycles. The number of likely N-dealkylation sites (N-methyl/N-ethyl adjacent to an activating group) is 1. The van der Waals surface area contributed by atoms with Crippen molar-refractivity contribution in [3.05, 3.63) is 24.0 Å². The minimum absolute atomic E-state index is 0.0377. The van der Waals surface area contributed by atoms with Crippen LogP contribution in [0.5, 0.6) is 0 Å². The quantitative estimate of drug-likeness (QED) is 0.803. The maximum Gasteiger partial charge on any atom is 0.272 e. The number of carbonyl (C=O) groups is 1. The average molecular weight is 340 g/mol. The minimum Gasteiger partial charge on any atom is -0.384 e. The van der Waals surface area contributed by atoms with Crippen molar-refractivity contribution in [1.29, 1.82) is 0 Å². The first-order valence-electron chi connectivity index (χ1n) is 7.61. The van der Waals surface area contributed by atoms with E-state index in [0.29, 0.717) is 12.1 Å². The smallest absolute Gasteiger partial charge is 0.272 e. The van der Waals surface area contributed by atoms with E-state index < -0.39 is 9.84 Å². The molecule has 1 fully saturated rings. The molecule has 1 aliphatic rings. The first-order chi connectivity index (χ1) is 10.8. The second-order valence-corrected chi connectivity index (χ2v) is 8.36. The van der Waals surface area contributed by atoms with Crippen LogP contribution in [0.15, 0.2) is 18.3 Å². The molecule has 2 heterocycles. The van der Waals surface area contributed by atoms with Crippen LogP contribution in [-0.2, 0) is 9.84 Å². The summed E-state index contributed by atoms with van der Waals surface area (Å²) in [6.07, 6.45) is 2.08. The normalized spacial score (nSPS) is 19.7. The lowest BCUT2D eigenvalue weighted by Gasteiger charge is -2.23. The Hall–Kier alpha value is -1.67. The van der Waals surface area contributed by atoms with Crippen molar-refractivity contribution in [1.82, 2.24) is 14.8 Å². The number of rotatable bonds is 6. The van der Waals surface area contributed by atoms with E-state index in [2.05, 4.69) is 15.2 Å². The summed E-state index contributed by atoms with van der Waals surface area (Å²) in [6, 6.07) is 3.25. The van der Waals surface area contributed by atoms with Crippen molar-refractivity contribution >= 4 is 21.4 Å². The van der Waals surface area contributed by atoms with Crippen LogP contribution in [-0.4, -0.2) is 80.9 Å². The predicted molar refractivity (Wildman–Crippen MR) is 90.4 cm³/mol. The van der Waals surface area contributed by atoms with Gasteiger partial charge in [-0.2, -0.15) is 0 Å². The van der Waals surface area contributed by atoms with Gasteiger partial charge in [-0.15, -0.1) is 0 Å². The van der Waals surface area contributed by atoms with Gasteiger partial charge >= 0.3 is 0 Å². The minimum atomic E-state index is -3.02. The van der Waals surface area contributed by atoms with Crippen LogP contribution in [0.3, 0.4) is 0 Å². The highest BCUT2D eigenvalue weighted by Gasteiger charge is 2.33. The van der Waals surface area contributed by atoms with Crippen LogP contribution in [0, 0.1) is 0 Å². The fraction of sp³-hybridized carbons (Fsp3) is 0.600. The molecule has 1 aromatic heterocycles. The standard InChI is InChI=1S/C15H24N4O3S/c1-18(2)8-7-16-12-4-6-17-14(10-12)15(20)19(3)13-5-9-23(21,22)11-13/h4,6,10,13H,5,7-9,11H2,1-3H3,(H,16,17). The Morgan fingerprint density at radius 2 is 2.13 bits per heavy atom. The summed E-state index contributed by atoms with van der Waals surface area (Å²) in [4.78, 5) is 20.2. The van der Waals surface area contributed by atoms with E-state index in [4.69, 9.17) is 0 Å². The number of aromatic nitrogens is 1. The summed E-state index contributed by atoms with van der Waals surface area (Å²) in [5.41, 5.74) is 1.16. The molecule has 7 nitrogen and oxygen atoms in total. The number of anilines is 1. The summed E-state index contributed by atoms with van der Waals surface area (Å²) in [7, 11) is 2.61. The maximum atomic E-state index is 12.5. The average Bonchev–Trinajstić information content (AvgIpc) is 2.86. The van der Waals surface area contributed by atoms with Gasteiger partial charge in [-0.3, -0.25) is 9.78 Å². The van der Waals surface area contributed by atoms with Gasteiger partial charge in [0.15, 0.2) is 9.84 Å². The highest BCUT2D eigenvalue weighted by Crippen LogP contribution is 2.19. The lowest BCUT2D eigenvalue weighted by Crippen LogP contribution is -2.38. The Balaban J connectivity index is 2.01. The van der Waals surface area contributed by atoms with Crippen LogP contribution < -0.4 is 5.32 Å². The third kappa shape index (κ3) is 4.90. The monoisotopic (exact) mass is 340 g/mol. The number of hydrogen-bond donors (Lipinski definition) is 1. The first-order valence-corrected chi connectivity index (χ1v) is 9.43. The number of nitrogens with zero attached hydrogens (tertiary/aromatic N) is 3. The molecule has 8 heteroatoms. The van der Waals surface area contributed by atoms with E-state index in [1.54, 1.807) is 19.3 Å². The highest BCUT2D eigenvalue weighted by atomic mass is 32.2. The molecular formula is C15H24N4O3S. The van der Waals surface area contributed by atoms with Crippen LogP contribution in [0.2, 0.25) is 0 Å². The summed E-state index contributed by atoms with van der Waals surface area (Å²) >= 11 is 0. The number of sulfone groups is 1. The SMILES string of the molecule is CN(C)CCNc1ccnc(C(=O)N(C)C2CCS(=O)(=O)C2)c1. The molecule has 1 N–H and O–H groups in total. The number of hydrogen-bond acceptors (Lipinski definition) is 6. The molecule has 1 aliphatic heterocycles. The van der Waals surface area contributed by atoms with Gasteiger partial charge in [0.2, 0.25) is 0 Å². The Morgan fingerprint density at radius 3 is 2.74 bits per heavy atom. The molecule has 23 heavy (non-hydrogen) atoms. The van der Waals surface area contributed by atoms with E-state index in [-0.39, 0.29) is 23.5 Å². The zero-order chi connectivity index (χ0) is 17.0. The maximum absolute atomic E-state index is 12.5. The molecular weight excluding hydrogens is 316 g/mol. The summed E-state index contributed by atoms with van der Waals surface area (Å²) in [5, 5.41) is 3.24. The molecule has 0 radical (unpaired) electrons. The Bertz CT molecular complexity index is 660. The third-order valence-electron chi connectivity index (χ3n) is 3.94. The van der Waals surface area contributed by atoms with E-state index in [9.17, 15) is 13.2 Å². The molecule has 128 valence electrons. The van der Waals surface area contributed by atoms with Gasteiger partial charge in [-0.25, -0.2) is 8.42 Å². The largest absolute Gasteiger partial charge is 0.384 e. The zero-order valence-electron chi connectivity index (χ0n) is 13.8. The lowest BCUT2D eigenvalue weighted by molar-refractivity contribution is 0.0742. The molecule has 0 aliphatic carbocycles.